The van der Waals surface area contributed by atoms with E-state index in [1.807, 2.05) is 30.4 Å². The molecule has 0 spiro atoms. The van der Waals surface area contributed by atoms with Gasteiger partial charge in [0.25, 0.3) is 0 Å². The number of rotatable bonds is 3. The Labute approximate surface area is 109 Å². The van der Waals surface area contributed by atoms with Crippen molar-refractivity contribution in [2.24, 2.45) is 0 Å². The van der Waals surface area contributed by atoms with Gasteiger partial charge in [-0.05, 0) is 32.1 Å². The van der Waals surface area contributed by atoms with Gasteiger partial charge in [-0.2, -0.15) is 0 Å². The van der Waals surface area contributed by atoms with Crippen LogP contribution in [-0.2, 0) is 0 Å². The van der Waals surface area contributed by atoms with Crippen LogP contribution >= 0.6 is 0 Å². The molecule has 18 heavy (non-hydrogen) atoms. The smallest absolute Gasteiger partial charge is 0.143 e. The first-order valence-electron chi connectivity index (χ1n) is 6.07. The first-order valence-corrected chi connectivity index (χ1v) is 6.07. The molecule has 1 aromatic carbocycles. The summed E-state index contributed by atoms with van der Waals surface area (Å²) in [5.74, 6) is 0.905. The number of allylic oxidation sites excluding steroid dienone is 3. The Kier molecular flexibility index (Phi) is 3.28. The summed E-state index contributed by atoms with van der Waals surface area (Å²) in [4.78, 5) is 2.18. The zero-order chi connectivity index (χ0) is 13.2. The third-order valence-electron chi connectivity index (χ3n) is 2.85. The van der Waals surface area contributed by atoms with Crippen molar-refractivity contribution in [3.8, 4) is 5.75 Å². The van der Waals surface area contributed by atoms with Crippen LogP contribution in [0.4, 0.5) is 5.69 Å². The fraction of sp³-hybridized carbons (Fsp3) is 0.250. The van der Waals surface area contributed by atoms with Gasteiger partial charge in [-0.15, -0.1) is 0 Å². The van der Waals surface area contributed by atoms with Crippen molar-refractivity contribution in [1.29, 1.82) is 0 Å². The molecule has 0 aliphatic carbocycles. The van der Waals surface area contributed by atoms with Crippen LogP contribution in [0.25, 0.3) is 0 Å². The highest BCUT2D eigenvalue weighted by atomic mass is 16.5. The molecule has 0 N–H and O–H groups in total. The molecule has 1 heterocycles. The second-order valence-corrected chi connectivity index (χ2v) is 5.00. The minimum absolute atomic E-state index is 0.223. The number of hydrogen-bond acceptors (Lipinski definition) is 2. The Morgan fingerprint density at radius 1 is 1.39 bits per heavy atom. The second-order valence-electron chi connectivity index (χ2n) is 5.00. The summed E-state index contributed by atoms with van der Waals surface area (Å²) >= 11 is 0. The molecule has 0 atom stereocenters. The molecule has 1 aromatic rings. The second kappa shape index (κ2) is 4.73. The largest absolute Gasteiger partial charge is 0.484 e. The fourth-order valence-corrected chi connectivity index (χ4v) is 2.09. The summed E-state index contributed by atoms with van der Waals surface area (Å²) in [6, 6.07) is 8.05. The molecule has 0 fully saturated rings. The van der Waals surface area contributed by atoms with Crippen molar-refractivity contribution in [1.82, 2.24) is 0 Å². The molecule has 0 aromatic heterocycles. The quantitative estimate of drug-likeness (QED) is 0.744. The van der Waals surface area contributed by atoms with Crippen LogP contribution in [0.2, 0.25) is 0 Å². The van der Waals surface area contributed by atoms with Crippen LogP contribution in [-0.4, -0.2) is 12.1 Å². The van der Waals surface area contributed by atoms with E-state index in [0.29, 0.717) is 0 Å². The first-order chi connectivity index (χ1) is 8.53. The number of nitrogens with zero attached hydrogens (tertiary/aromatic N) is 1. The summed E-state index contributed by atoms with van der Waals surface area (Å²) in [7, 11) is 0. The number of anilines is 1. The molecule has 2 rings (SSSR count). The van der Waals surface area contributed by atoms with Gasteiger partial charge in [0.05, 0.1) is 12.2 Å². The van der Waals surface area contributed by atoms with Crippen LogP contribution < -0.4 is 9.64 Å². The third kappa shape index (κ3) is 2.48. The van der Waals surface area contributed by atoms with Crippen molar-refractivity contribution in [2.45, 2.75) is 19.4 Å². The number of ether oxygens (including phenoxy) is 1. The normalized spacial score (nSPS) is 17.1. The van der Waals surface area contributed by atoms with Crippen LogP contribution in [0.1, 0.15) is 13.8 Å². The van der Waals surface area contributed by atoms with Gasteiger partial charge in [0.2, 0.25) is 0 Å². The molecule has 0 unspecified atom stereocenters. The first kappa shape index (κ1) is 12.5. The highest BCUT2D eigenvalue weighted by Crippen LogP contribution is 2.38. The van der Waals surface area contributed by atoms with Crippen molar-refractivity contribution in [3.05, 3.63) is 61.3 Å². The summed E-state index contributed by atoms with van der Waals surface area (Å²) in [6.07, 6.45) is 5.61. The van der Waals surface area contributed by atoms with Crippen molar-refractivity contribution in [2.75, 3.05) is 11.4 Å². The Morgan fingerprint density at radius 3 is 2.83 bits per heavy atom. The maximum Gasteiger partial charge on any atom is 0.143 e. The van der Waals surface area contributed by atoms with E-state index in [1.165, 1.54) is 0 Å². The highest BCUT2D eigenvalue weighted by molar-refractivity contribution is 5.65. The maximum atomic E-state index is 5.98. The SMILES string of the molecule is C=C/C=C\C(=C)N1CC(C)(C)Oc2ccccc21. The standard InChI is InChI=1S/C16H19NO/c1-5-6-9-13(2)17-12-16(3,4)18-15-11-8-7-10-14(15)17/h5-11H,1-2,12H2,3-4H3/b9-6-. The highest BCUT2D eigenvalue weighted by Gasteiger charge is 2.31. The lowest BCUT2D eigenvalue weighted by Crippen LogP contribution is -2.46. The minimum Gasteiger partial charge on any atom is -0.484 e. The summed E-state index contributed by atoms with van der Waals surface area (Å²) < 4.78 is 5.98. The summed E-state index contributed by atoms with van der Waals surface area (Å²) in [6.45, 7) is 12.7. The molecular formula is C16H19NO. The Balaban J connectivity index is 2.38. The minimum atomic E-state index is -0.223. The zero-order valence-electron chi connectivity index (χ0n) is 11.0. The summed E-state index contributed by atoms with van der Waals surface area (Å²) in [5, 5.41) is 0. The Bertz CT molecular complexity index is 500. The van der Waals surface area contributed by atoms with Gasteiger partial charge in [-0.25, -0.2) is 0 Å². The van der Waals surface area contributed by atoms with Crippen LogP contribution in [0.15, 0.2) is 61.3 Å². The lowest BCUT2D eigenvalue weighted by atomic mass is 10.0. The van der Waals surface area contributed by atoms with Gasteiger partial charge in [0, 0.05) is 5.70 Å². The fourth-order valence-electron chi connectivity index (χ4n) is 2.09. The van der Waals surface area contributed by atoms with Gasteiger partial charge in [-0.1, -0.05) is 37.4 Å². The molecule has 0 bridgehead atoms. The van der Waals surface area contributed by atoms with E-state index in [0.717, 1.165) is 23.7 Å². The van der Waals surface area contributed by atoms with E-state index < -0.39 is 0 Å². The lowest BCUT2D eigenvalue weighted by molar-refractivity contribution is 0.108. The van der Waals surface area contributed by atoms with Crippen molar-refractivity contribution < 1.29 is 4.74 Å². The molecule has 2 nitrogen and oxygen atoms in total. The molecule has 1 aliphatic heterocycles. The van der Waals surface area contributed by atoms with E-state index in [4.69, 9.17) is 4.74 Å². The number of hydrogen-bond donors (Lipinski definition) is 0. The predicted molar refractivity (Wildman–Crippen MR) is 77.0 cm³/mol. The molecule has 94 valence electrons. The van der Waals surface area contributed by atoms with Gasteiger partial charge < -0.3 is 9.64 Å². The average molecular weight is 241 g/mol. The van der Waals surface area contributed by atoms with Gasteiger partial charge >= 0.3 is 0 Å². The predicted octanol–water partition coefficient (Wildman–Crippen LogP) is 3.92. The third-order valence-corrected chi connectivity index (χ3v) is 2.85. The molecule has 0 radical (unpaired) electrons. The van der Waals surface area contributed by atoms with Crippen molar-refractivity contribution in [3.63, 3.8) is 0 Å². The lowest BCUT2D eigenvalue weighted by Gasteiger charge is -2.41. The van der Waals surface area contributed by atoms with E-state index in [1.54, 1.807) is 6.08 Å². The molecular weight excluding hydrogens is 222 g/mol. The number of benzene rings is 1. The maximum absolute atomic E-state index is 5.98. The number of fused-ring (bicyclic) bond motifs is 1. The van der Waals surface area contributed by atoms with E-state index in [9.17, 15) is 0 Å². The Hall–Kier alpha value is -1.96. The summed E-state index contributed by atoms with van der Waals surface area (Å²) in [5.41, 5.74) is 1.79. The van der Waals surface area contributed by atoms with Crippen molar-refractivity contribution >= 4 is 5.69 Å². The Morgan fingerprint density at radius 2 is 2.11 bits per heavy atom. The van der Waals surface area contributed by atoms with Crippen LogP contribution in [0.3, 0.4) is 0 Å². The van der Waals surface area contributed by atoms with Crippen LogP contribution in [0, 0.1) is 0 Å². The molecule has 1 aliphatic rings. The monoisotopic (exact) mass is 241 g/mol. The molecule has 0 saturated heterocycles. The van der Waals surface area contributed by atoms with E-state index >= 15 is 0 Å². The van der Waals surface area contributed by atoms with Crippen LogP contribution in [0.5, 0.6) is 5.75 Å². The topological polar surface area (TPSA) is 12.5 Å². The molecule has 2 heteroatoms. The number of para-hydroxylation sites is 2. The average Bonchev–Trinajstić information content (AvgIpc) is 2.33. The molecule has 0 saturated carbocycles. The van der Waals surface area contributed by atoms with Gasteiger partial charge in [-0.3, -0.25) is 0 Å². The van der Waals surface area contributed by atoms with Gasteiger partial charge in [0.15, 0.2) is 0 Å². The van der Waals surface area contributed by atoms with E-state index in [-0.39, 0.29) is 5.60 Å². The zero-order valence-corrected chi connectivity index (χ0v) is 11.0. The van der Waals surface area contributed by atoms with Gasteiger partial charge in [0.1, 0.15) is 11.4 Å². The molecule has 0 amide bonds. The van der Waals surface area contributed by atoms with E-state index in [2.05, 4.69) is 38.0 Å².